The van der Waals surface area contributed by atoms with Crippen molar-refractivity contribution in [1.29, 1.82) is 0 Å². The molecule has 0 aromatic rings. The van der Waals surface area contributed by atoms with Crippen LogP contribution >= 0.6 is 0 Å². The highest BCUT2D eigenvalue weighted by Crippen LogP contribution is 2.93. The number of fused-ring (bicyclic) bond motifs is 2. The van der Waals surface area contributed by atoms with Gasteiger partial charge in [0.15, 0.2) is 0 Å². The fraction of sp³-hybridized carbons (Fsp3) is 1.00. The number of hydrogen-bond acceptors (Lipinski definition) is 1. The van der Waals surface area contributed by atoms with Gasteiger partial charge in [0.25, 0.3) is 0 Å². The molecule has 0 amide bonds. The maximum Gasteiger partial charge on any atom is 0.0712 e. The second-order valence-corrected chi connectivity index (χ2v) is 6.19. The number of rotatable bonds is 1. The predicted molar refractivity (Wildman–Crippen MR) is 54.8 cm³/mol. The molecule has 0 spiro atoms. The molecular formula is C13H20O. The molecule has 0 aromatic heterocycles. The summed E-state index contributed by atoms with van der Waals surface area (Å²) in [6.45, 7) is 0. The first-order chi connectivity index (χ1) is 6.81. The Hall–Kier alpha value is -0.0400. The smallest absolute Gasteiger partial charge is 0.0712 e. The summed E-state index contributed by atoms with van der Waals surface area (Å²) in [4.78, 5) is 0. The molecular weight excluding hydrogens is 172 g/mol. The van der Waals surface area contributed by atoms with Crippen molar-refractivity contribution in [1.82, 2.24) is 0 Å². The van der Waals surface area contributed by atoms with Crippen molar-refractivity contribution in [2.75, 3.05) is 0 Å². The molecule has 1 heteroatoms. The van der Waals surface area contributed by atoms with Crippen molar-refractivity contribution >= 4 is 0 Å². The third-order valence-corrected chi connectivity index (χ3v) is 5.94. The summed E-state index contributed by atoms with van der Waals surface area (Å²) in [6.07, 6.45) is 10.5. The zero-order valence-electron chi connectivity index (χ0n) is 8.84. The van der Waals surface area contributed by atoms with Crippen molar-refractivity contribution < 1.29 is 5.11 Å². The van der Waals surface area contributed by atoms with Crippen molar-refractivity contribution in [2.24, 2.45) is 23.2 Å². The van der Waals surface area contributed by atoms with Gasteiger partial charge in [0, 0.05) is 5.41 Å². The lowest BCUT2D eigenvalue weighted by atomic mass is 9.69. The Bertz CT molecular complexity index is 255. The molecule has 1 N–H and O–H groups in total. The Labute approximate surface area is 85.9 Å². The molecule has 0 heterocycles. The van der Waals surface area contributed by atoms with Crippen LogP contribution in [0.2, 0.25) is 0 Å². The molecule has 78 valence electrons. The summed E-state index contributed by atoms with van der Waals surface area (Å²) in [7, 11) is 0. The minimum Gasteiger partial charge on any atom is -0.389 e. The van der Waals surface area contributed by atoms with Gasteiger partial charge in [-0.15, -0.1) is 0 Å². The van der Waals surface area contributed by atoms with Gasteiger partial charge >= 0.3 is 0 Å². The molecule has 4 aliphatic carbocycles. The molecule has 4 aliphatic rings. The highest BCUT2D eigenvalue weighted by atomic mass is 16.3. The van der Waals surface area contributed by atoms with Crippen LogP contribution in [0.15, 0.2) is 0 Å². The van der Waals surface area contributed by atoms with E-state index in [0.29, 0.717) is 5.41 Å². The quantitative estimate of drug-likeness (QED) is 0.677. The van der Waals surface area contributed by atoms with Gasteiger partial charge in [-0.1, -0.05) is 25.7 Å². The maximum absolute atomic E-state index is 10.8. The Morgan fingerprint density at radius 2 is 1.50 bits per heavy atom. The minimum absolute atomic E-state index is 0.203. The van der Waals surface area contributed by atoms with E-state index < -0.39 is 0 Å². The minimum atomic E-state index is -0.203. The third-order valence-electron chi connectivity index (χ3n) is 5.94. The van der Waals surface area contributed by atoms with E-state index in [0.717, 1.165) is 30.6 Å². The zero-order valence-corrected chi connectivity index (χ0v) is 8.84. The zero-order chi connectivity index (χ0) is 9.39. The van der Waals surface area contributed by atoms with Crippen LogP contribution in [-0.4, -0.2) is 10.7 Å². The van der Waals surface area contributed by atoms with Gasteiger partial charge in [0.1, 0.15) is 0 Å². The lowest BCUT2D eigenvalue weighted by Gasteiger charge is -2.40. The maximum atomic E-state index is 10.8. The number of aliphatic hydroxyl groups is 1. The molecule has 0 bridgehead atoms. The summed E-state index contributed by atoms with van der Waals surface area (Å²) in [5, 5.41) is 10.8. The summed E-state index contributed by atoms with van der Waals surface area (Å²) < 4.78 is 0. The summed E-state index contributed by atoms with van der Waals surface area (Å²) in [5.74, 6) is 2.91. The van der Waals surface area contributed by atoms with Crippen LogP contribution in [0.1, 0.15) is 51.4 Å². The fourth-order valence-corrected chi connectivity index (χ4v) is 5.43. The molecule has 4 fully saturated rings. The monoisotopic (exact) mass is 192 g/mol. The molecule has 4 saturated carbocycles. The first kappa shape index (κ1) is 8.15. The largest absolute Gasteiger partial charge is 0.389 e. The molecule has 2 unspecified atom stereocenters. The van der Waals surface area contributed by atoms with E-state index in [2.05, 4.69) is 0 Å². The van der Waals surface area contributed by atoms with Crippen LogP contribution in [0.3, 0.4) is 0 Å². The summed E-state index contributed by atoms with van der Waals surface area (Å²) >= 11 is 0. The van der Waals surface area contributed by atoms with E-state index in [-0.39, 0.29) is 5.60 Å². The van der Waals surface area contributed by atoms with Crippen LogP contribution in [-0.2, 0) is 0 Å². The SMILES string of the molecule is OC1(C23C4CCCC2C43)CCCCC1. The van der Waals surface area contributed by atoms with E-state index in [4.69, 9.17) is 0 Å². The molecule has 2 atom stereocenters. The highest BCUT2D eigenvalue weighted by Gasteiger charge is 2.91. The van der Waals surface area contributed by atoms with E-state index >= 15 is 0 Å². The van der Waals surface area contributed by atoms with Gasteiger partial charge in [0.2, 0.25) is 0 Å². The lowest BCUT2D eigenvalue weighted by Crippen LogP contribution is -2.42. The van der Waals surface area contributed by atoms with Crippen molar-refractivity contribution in [2.45, 2.75) is 57.0 Å². The molecule has 1 nitrogen and oxygen atoms in total. The number of hydrogen-bond donors (Lipinski definition) is 1. The Balaban J connectivity index is 1.64. The second kappa shape index (κ2) is 2.21. The molecule has 0 aromatic carbocycles. The van der Waals surface area contributed by atoms with Crippen LogP contribution < -0.4 is 0 Å². The predicted octanol–water partition coefficient (Wildman–Crippen LogP) is 2.73. The molecule has 14 heavy (non-hydrogen) atoms. The molecule has 0 radical (unpaired) electrons. The Morgan fingerprint density at radius 3 is 2.07 bits per heavy atom. The molecule has 0 saturated heterocycles. The van der Waals surface area contributed by atoms with Crippen LogP contribution in [0, 0.1) is 23.2 Å². The summed E-state index contributed by atoms with van der Waals surface area (Å²) in [6, 6.07) is 0. The van der Waals surface area contributed by atoms with Crippen molar-refractivity contribution in [3.63, 3.8) is 0 Å². The van der Waals surface area contributed by atoms with Crippen molar-refractivity contribution in [3.05, 3.63) is 0 Å². The average Bonchev–Trinajstić information content (AvgIpc) is 3.08. The second-order valence-electron chi connectivity index (χ2n) is 6.19. The Morgan fingerprint density at radius 1 is 0.857 bits per heavy atom. The fourth-order valence-electron chi connectivity index (χ4n) is 5.43. The van der Waals surface area contributed by atoms with E-state index in [1.54, 1.807) is 0 Å². The van der Waals surface area contributed by atoms with Gasteiger partial charge in [-0.3, -0.25) is 0 Å². The van der Waals surface area contributed by atoms with E-state index in [9.17, 15) is 5.11 Å². The van der Waals surface area contributed by atoms with Gasteiger partial charge in [-0.2, -0.15) is 0 Å². The van der Waals surface area contributed by atoms with Crippen molar-refractivity contribution in [3.8, 4) is 0 Å². The lowest BCUT2D eigenvalue weighted by molar-refractivity contribution is -0.0655. The van der Waals surface area contributed by atoms with Crippen LogP contribution in [0.5, 0.6) is 0 Å². The molecule has 0 aliphatic heterocycles. The normalized spacial score (nSPS) is 57.6. The average molecular weight is 192 g/mol. The molecule has 4 rings (SSSR count). The van der Waals surface area contributed by atoms with Crippen LogP contribution in [0.25, 0.3) is 0 Å². The van der Waals surface area contributed by atoms with Gasteiger partial charge in [-0.05, 0) is 43.4 Å². The van der Waals surface area contributed by atoms with E-state index in [1.807, 2.05) is 0 Å². The summed E-state index contributed by atoms with van der Waals surface area (Å²) in [5.41, 5.74) is 0.289. The highest BCUT2D eigenvalue weighted by molar-refractivity contribution is 5.38. The topological polar surface area (TPSA) is 20.2 Å². The van der Waals surface area contributed by atoms with Gasteiger partial charge < -0.3 is 5.11 Å². The standard InChI is InChI=1S/C13H20O/c14-12(7-2-1-3-8-12)13-9-5-4-6-10(13)11(9)13/h9-11,14H,1-8H2. The first-order valence-corrected chi connectivity index (χ1v) is 6.53. The first-order valence-electron chi connectivity index (χ1n) is 6.53. The van der Waals surface area contributed by atoms with Crippen LogP contribution in [0.4, 0.5) is 0 Å². The van der Waals surface area contributed by atoms with Gasteiger partial charge in [0.05, 0.1) is 5.60 Å². The Kier molecular flexibility index (Phi) is 1.29. The van der Waals surface area contributed by atoms with E-state index in [1.165, 1.54) is 38.5 Å². The van der Waals surface area contributed by atoms with Gasteiger partial charge in [-0.25, -0.2) is 0 Å². The third kappa shape index (κ3) is 0.651.